The zero-order valence-corrected chi connectivity index (χ0v) is 25.9. The van der Waals surface area contributed by atoms with E-state index in [-0.39, 0.29) is 23.2 Å². The summed E-state index contributed by atoms with van der Waals surface area (Å²) in [6, 6.07) is 9.31. The number of hydrogen-bond acceptors (Lipinski definition) is 5. The third-order valence-electron chi connectivity index (χ3n) is 7.96. The highest BCUT2D eigenvalue weighted by Crippen LogP contribution is 2.38. The van der Waals surface area contributed by atoms with Crippen molar-refractivity contribution in [1.29, 1.82) is 0 Å². The standard InChI is InChI=1S/C34H27F7N4O4/c1-31(48,29(46)15-20-5-8-25(42-3)23(13-20)33(36,37)38)11-12-49-32(2,18-45-19-44-27-17-22(35)7-10-28(27)45)30(47)16-21-6-9-26(43-4)24(14-21)34(39,40)41/h5-10,13-14,17,19,48H,11-12,15-16,18H2,1-2H3/t31-,32-/m0/s1. The number of carbonyl (C=O) groups excluding carboxylic acids is 2. The Hall–Kier alpha value is -5.12. The molecule has 1 aromatic heterocycles. The van der Waals surface area contributed by atoms with Gasteiger partial charge in [0, 0.05) is 25.3 Å². The van der Waals surface area contributed by atoms with Crippen molar-refractivity contribution in [3.05, 3.63) is 112 Å². The number of aliphatic hydroxyl groups is 1. The molecule has 4 aromatic rings. The lowest BCUT2D eigenvalue weighted by Crippen LogP contribution is -2.45. The van der Waals surface area contributed by atoms with Crippen molar-refractivity contribution in [2.24, 2.45) is 0 Å². The minimum absolute atomic E-state index is 0.0678. The number of aromatic nitrogens is 2. The molecular formula is C34H27F7N4O4. The summed E-state index contributed by atoms with van der Waals surface area (Å²) >= 11 is 0. The van der Waals surface area contributed by atoms with Crippen LogP contribution in [0, 0.1) is 19.0 Å². The normalized spacial score (nSPS) is 14.4. The number of alkyl halides is 6. The van der Waals surface area contributed by atoms with Gasteiger partial charge in [-0.3, -0.25) is 9.59 Å². The van der Waals surface area contributed by atoms with Gasteiger partial charge in [-0.1, -0.05) is 36.4 Å². The number of imidazole rings is 1. The van der Waals surface area contributed by atoms with Gasteiger partial charge in [-0.2, -0.15) is 26.3 Å². The molecule has 3 aromatic carbocycles. The van der Waals surface area contributed by atoms with Crippen LogP contribution in [-0.4, -0.2) is 44.0 Å². The van der Waals surface area contributed by atoms with Crippen molar-refractivity contribution < 1.29 is 50.2 Å². The average Bonchev–Trinajstić information content (AvgIpc) is 3.40. The number of ketones is 2. The van der Waals surface area contributed by atoms with E-state index in [4.69, 9.17) is 17.9 Å². The van der Waals surface area contributed by atoms with Crippen molar-refractivity contribution >= 4 is 34.0 Å². The minimum atomic E-state index is -4.87. The molecule has 0 aliphatic rings. The number of halogens is 7. The highest BCUT2D eigenvalue weighted by molar-refractivity contribution is 5.90. The van der Waals surface area contributed by atoms with Gasteiger partial charge in [0.1, 0.15) is 17.0 Å². The maximum absolute atomic E-state index is 13.8. The zero-order valence-electron chi connectivity index (χ0n) is 25.9. The molecule has 2 atom stereocenters. The third kappa shape index (κ3) is 8.49. The van der Waals surface area contributed by atoms with Crippen molar-refractivity contribution in [3.8, 4) is 0 Å². The summed E-state index contributed by atoms with van der Waals surface area (Å²) in [5.41, 5.74) is -7.26. The first kappa shape index (κ1) is 36.7. The summed E-state index contributed by atoms with van der Waals surface area (Å²) in [4.78, 5) is 36.6. The zero-order chi connectivity index (χ0) is 36.4. The predicted molar refractivity (Wildman–Crippen MR) is 162 cm³/mol. The average molecular weight is 689 g/mol. The SMILES string of the molecule is [C-]#[N+]c1ccc(CC(=O)[C@@](C)(O)CCO[C@@](C)(Cn2cnc3cc(F)ccc32)C(=O)Cc2ccc([N+]#[C-])c(C(F)(F)F)c2)cc1C(F)(F)F. The predicted octanol–water partition coefficient (Wildman–Crippen LogP) is 7.85. The van der Waals surface area contributed by atoms with E-state index < -0.39 is 89.3 Å². The molecule has 15 heteroatoms. The molecule has 4 rings (SSSR count). The van der Waals surface area contributed by atoms with Gasteiger partial charge in [-0.05, 0) is 37.1 Å². The fourth-order valence-electron chi connectivity index (χ4n) is 5.10. The molecule has 0 amide bonds. The molecular weight excluding hydrogens is 661 g/mol. The highest BCUT2D eigenvalue weighted by Gasteiger charge is 2.39. The number of ether oxygens (including phenoxy) is 1. The number of carbonyl (C=O) groups is 2. The summed E-state index contributed by atoms with van der Waals surface area (Å²) in [7, 11) is 0. The molecule has 0 unspecified atom stereocenters. The smallest absolute Gasteiger partial charge is 0.382 e. The highest BCUT2D eigenvalue weighted by atomic mass is 19.4. The quantitative estimate of drug-likeness (QED) is 0.121. The number of nitrogens with zero attached hydrogens (tertiary/aromatic N) is 4. The Morgan fingerprint density at radius 3 is 1.88 bits per heavy atom. The van der Waals surface area contributed by atoms with Crippen LogP contribution in [0.25, 0.3) is 20.7 Å². The van der Waals surface area contributed by atoms with E-state index in [1.165, 1.54) is 36.0 Å². The van der Waals surface area contributed by atoms with Crippen molar-refractivity contribution in [1.82, 2.24) is 9.55 Å². The second-order valence-corrected chi connectivity index (χ2v) is 11.7. The number of Topliss-reactive ketones (excluding diaryl/α,β-unsaturated/α-hetero) is 2. The fourth-order valence-corrected chi connectivity index (χ4v) is 5.10. The van der Waals surface area contributed by atoms with Crippen LogP contribution in [-0.2, 0) is 46.1 Å². The Balaban J connectivity index is 1.57. The Bertz CT molecular complexity index is 1990. The van der Waals surface area contributed by atoms with E-state index in [0.717, 1.165) is 31.2 Å². The van der Waals surface area contributed by atoms with Gasteiger partial charge in [0.15, 0.2) is 22.9 Å². The number of rotatable bonds is 12. The van der Waals surface area contributed by atoms with E-state index in [9.17, 15) is 45.4 Å². The largest absolute Gasteiger partial charge is 0.407 e. The second kappa shape index (κ2) is 13.8. The second-order valence-electron chi connectivity index (χ2n) is 11.7. The molecule has 0 radical (unpaired) electrons. The maximum Gasteiger partial charge on any atom is 0.407 e. The van der Waals surface area contributed by atoms with Gasteiger partial charge in [0.05, 0.1) is 54.8 Å². The van der Waals surface area contributed by atoms with Gasteiger partial charge in [0.2, 0.25) is 0 Å². The van der Waals surface area contributed by atoms with Crippen molar-refractivity contribution in [3.63, 3.8) is 0 Å². The molecule has 0 bridgehead atoms. The van der Waals surface area contributed by atoms with Crippen molar-refractivity contribution in [2.75, 3.05) is 6.61 Å². The molecule has 0 saturated carbocycles. The van der Waals surface area contributed by atoms with Crippen molar-refractivity contribution in [2.45, 2.75) is 63.2 Å². The Morgan fingerprint density at radius 2 is 1.37 bits per heavy atom. The summed E-state index contributed by atoms with van der Waals surface area (Å²) in [5.74, 6) is -2.17. The van der Waals surface area contributed by atoms with E-state index in [1.807, 2.05) is 0 Å². The maximum atomic E-state index is 13.8. The number of fused-ring (bicyclic) bond motifs is 1. The van der Waals surface area contributed by atoms with E-state index >= 15 is 0 Å². The van der Waals surface area contributed by atoms with E-state index in [0.29, 0.717) is 17.6 Å². The van der Waals surface area contributed by atoms with Gasteiger partial charge in [0.25, 0.3) is 0 Å². The van der Waals surface area contributed by atoms with Crippen LogP contribution in [0.1, 0.15) is 42.5 Å². The van der Waals surface area contributed by atoms with Gasteiger partial charge >= 0.3 is 12.4 Å². The molecule has 0 spiro atoms. The topological polar surface area (TPSA) is 90.1 Å². The van der Waals surface area contributed by atoms with Gasteiger partial charge in [-0.25, -0.2) is 19.1 Å². The van der Waals surface area contributed by atoms with E-state index in [2.05, 4.69) is 14.7 Å². The Kier molecular flexibility index (Phi) is 10.3. The minimum Gasteiger partial charge on any atom is -0.382 e. The van der Waals surface area contributed by atoms with Crippen LogP contribution in [0.4, 0.5) is 42.1 Å². The first-order valence-electron chi connectivity index (χ1n) is 14.5. The summed E-state index contributed by atoms with van der Waals surface area (Å²) in [6.45, 7) is 15.7. The molecule has 8 nitrogen and oxygen atoms in total. The lowest BCUT2D eigenvalue weighted by molar-refractivity contribution is -0.149. The summed E-state index contributed by atoms with van der Waals surface area (Å²) < 4.78 is 102. The van der Waals surface area contributed by atoms with Crippen LogP contribution >= 0.6 is 0 Å². The van der Waals surface area contributed by atoms with Crippen LogP contribution in [0.2, 0.25) is 0 Å². The molecule has 0 aliphatic carbocycles. The van der Waals surface area contributed by atoms with Crippen LogP contribution in [0.15, 0.2) is 60.9 Å². The van der Waals surface area contributed by atoms with Gasteiger partial charge < -0.3 is 14.4 Å². The van der Waals surface area contributed by atoms with E-state index in [1.54, 1.807) is 0 Å². The molecule has 256 valence electrons. The molecule has 1 N–H and O–H groups in total. The van der Waals surface area contributed by atoms with Crippen LogP contribution < -0.4 is 0 Å². The molecule has 0 saturated heterocycles. The lowest BCUT2D eigenvalue weighted by atomic mass is 9.91. The molecule has 1 heterocycles. The molecule has 0 aliphatic heterocycles. The van der Waals surface area contributed by atoms with Gasteiger partial charge in [-0.15, -0.1) is 0 Å². The summed E-state index contributed by atoms with van der Waals surface area (Å²) in [6.07, 6.45) is -10.0. The van der Waals surface area contributed by atoms with Crippen LogP contribution in [0.3, 0.4) is 0 Å². The number of benzene rings is 3. The third-order valence-corrected chi connectivity index (χ3v) is 7.96. The first-order valence-corrected chi connectivity index (χ1v) is 14.5. The summed E-state index contributed by atoms with van der Waals surface area (Å²) in [5, 5.41) is 11.0. The van der Waals surface area contributed by atoms with Crippen LogP contribution in [0.5, 0.6) is 0 Å². The Morgan fingerprint density at radius 1 is 0.837 bits per heavy atom. The lowest BCUT2D eigenvalue weighted by Gasteiger charge is -2.31. The first-order chi connectivity index (χ1) is 22.8. The molecule has 0 fully saturated rings. The Labute approximate surface area is 275 Å². The number of hydrogen-bond donors (Lipinski definition) is 1. The monoisotopic (exact) mass is 688 g/mol. The molecule has 49 heavy (non-hydrogen) atoms. The fraction of sp³-hybridized carbons (Fsp3) is 0.324.